The average molecular weight is 424 g/mol. The Morgan fingerprint density at radius 3 is 2.67 bits per heavy atom. The van der Waals surface area contributed by atoms with Gasteiger partial charge in [-0.05, 0) is 62.6 Å². The number of ether oxygens (including phenoxy) is 1. The fourth-order valence-electron chi connectivity index (χ4n) is 3.50. The van der Waals surface area contributed by atoms with E-state index in [0.29, 0.717) is 10.8 Å². The Labute approximate surface area is 182 Å². The summed E-state index contributed by atoms with van der Waals surface area (Å²) in [7, 11) is 0. The third-order valence-electron chi connectivity index (χ3n) is 4.96. The summed E-state index contributed by atoms with van der Waals surface area (Å²) in [5.74, 6) is 0.197. The number of aryl methyl sites for hydroxylation is 3. The van der Waals surface area contributed by atoms with E-state index in [1.165, 1.54) is 16.8 Å². The van der Waals surface area contributed by atoms with Crippen molar-refractivity contribution in [1.82, 2.24) is 9.99 Å². The van der Waals surface area contributed by atoms with Gasteiger partial charge >= 0.3 is 0 Å². The van der Waals surface area contributed by atoms with Crippen molar-refractivity contribution >= 4 is 23.7 Å². The molecule has 1 amide bonds. The first-order valence-corrected chi connectivity index (χ1v) is 10.3. The highest BCUT2D eigenvalue weighted by Crippen LogP contribution is 2.26. The Balaban J connectivity index is 1.70. The molecular formula is C24H26ClN3O2. The molecule has 1 heterocycles. The van der Waals surface area contributed by atoms with E-state index < -0.39 is 0 Å². The van der Waals surface area contributed by atoms with Gasteiger partial charge in [-0.1, -0.05) is 42.8 Å². The summed E-state index contributed by atoms with van der Waals surface area (Å²) >= 11 is 5.91. The molecule has 3 rings (SSSR count). The second kappa shape index (κ2) is 9.63. The number of benzene rings is 2. The molecule has 1 N–H and O–H groups in total. The van der Waals surface area contributed by atoms with E-state index in [1.54, 1.807) is 30.5 Å². The van der Waals surface area contributed by atoms with Gasteiger partial charge in [0.25, 0.3) is 5.91 Å². The number of nitrogens with zero attached hydrogens (tertiary/aromatic N) is 2. The Morgan fingerprint density at radius 2 is 1.93 bits per heavy atom. The predicted octanol–water partition coefficient (Wildman–Crippen LogP) is 5.15. The molecular weight excluding hydrogens is 398 g/mol. The highest BCUT2D eigenvalue weighted by Gasteiger charge is 2.14. The average Bonchev–Trinajstić information content (AvgIpc) is 2.99. The molecule has 0 fully saturated rings. The van der Waals surface area contributed by atoms with E-state index in [9.17, 15) is 4.79 Å². The number of aromatic nitrogens is 1. The van der Waals surface area contributed by atoms with Gasteiger partial charge in [0.15, 0.2) is 6.61 Å². The highest BCUT2D eigenvalue weighted by molar-refractivity contribution is 6.30. The van der Waals surface area contributed by atoms with E-state index in [-0.39, 0.29) is 12.5 Å². The number of halogens is 1. The van der Waals surface area contributed by atoms with E-state index in [0.717, 1.165) is 23.4 Å². The maximum atomic E-state index is 12.0. The van der Waals surface area contributed by atoms with Crippen LogP contribution < -0.4 is 10.2 Å². The third-order valence-corrected chi connectivity index (χ3v) is 5.19. The van der Waals surface area contributed by atoms with Crippen molar-refractivity contribution in [3.63, 3.8) is 0 Å². The van der Waals surface area contributed by atoms with Gasteiger partial charge in [0.2, 0.25) is 0 Å². The van der Waals surface area contributed by atoms with Crippen LogP contribution in [0.4, 0.5) is 0 Å². The van der Waals surface area contributed by atoms with Crippen molar-refractivity contribution in [2.24, 2.45) is 5.10 Å². The lowest BCUT2D eigenvalue weighted by molar-refractivity contribution is -0.123. The monoisotopic (exact) mass is 423 g/mol. The van der Waals surface area contributed by atoms with Crippen LogP contribution in [0.15, 0.2) is 53.6 Å². The lowest BCUT2D eigenvalue weighted by atomic mass is 10.1. The number of carbonyl (C=O) groups excluding carboxylic acids is 1. The van der Waals surface area contributed by atoms with Crippen LogP contribution in [0.5, 0.6) is 5.75 Å². The molecule has 6 heteroatoms. The van der Waals surface area contributed by atoms with E-state index in [2.05, 4.69) is 67.1 Å². The van der Waals surface area contributed by atoms with Gasteiger partial charge in [0, 0.05) is 22.0 Å². The van der Waals surface area contributed by atoms with E-state index in [4.69, 9.17) is 16.3 Å². The normalized spacial score (nSPS) is 11.1. The van der Waals surface area contributed by atoms with Gasteiger partial charge < -0.3 is 9.30 Å². The molecule has 3 aromatic rings. The summed E-state index contributed by atoms with van der Waals surface area (Å²) in [6, 6.07) is 15.4. The summed E-state index contributed by atoms with van der Waals surface area (Å²) in [5.41, 5.74) is 9.40. The summed E-state index contributed by atoms with van der Waals surface area (Å²) in [6.45, 7) is 8.29. The van der Waals surface area contributed by atoms with Crippen LogP contribution >= 0.6 is 11.6 Å². The smallest absolute Gasteiger partial charge is 0.277 e. The fourth-order valence-corrected chi connectivity index (χ4v) is 3.68. The van der Waals surface area contributed by atoms with E-state index in [1.807, 2.05) is 0 Å². The van der Waals surface area contributed by atoms with Crippen molar-refractivity contribution < 1.29 is 9.53 Å². The number of nitrogens with one attached hydrogen (secondary N) is 1. The maximum Gasteiger partial charge on any atom is 0.277 e. The van der Waals surface area contributed by atoms with Crippen LogP contribution in [0.25, 0.3) is 5.69 Å². The minimum atomic E-state index is -0.341. The number of rotatable bonds is 7. The van der Waals surface area contributed by atoms with Gasteiger partial charge in [-0.15, -0.1) is 0 Å². The SMILES string of the molecule is CCc1cccc(C)c1-n1c(C)cc(/C=N/NC(=O)COc2cccc(Cl)c2)c1C. The zero-order valence-corrected chi connectivity index (χ0v) is 18.5. The Morgan fingerprint density at radius 1 is 1.17 bits per heavy atom. The molecule has 2 aromatic carbocycles. The van der Waals surface area contributed by atoms with Crippen molar-refractivity contribution in [3.05, 3.63) is 81.6 Å². The number of hydrogen-bond donors (Lipinski definition) is 1. The number of amides is 1. The first-order chi connectivity index (χ1) is 14.4. The minimum absolute atomic E-state index is 0.139. The van der Waals surface area contributed by atoms with Gasteiger partial charge in [0.05, 0.1) is 11.9 Å². The maximum absolute atomic E-state index is 12.0. The van der Waals surface area contributed by atoms with Gasteiger partial charge in [-0.2, -0.15) is 5.10 Å². The zero-order chi connectivity index (χ0) is 21.7. The second-order valence-corrected chi connectivity index (χ2v) is 7.57. The Hall–Kier alpha value is -3.05. The molecule has 0 spiro atoms. The third kappa shape index (κ3) is 4.92. The summed E-state index contributed by atoms with van der Waals surface area (Å²) in [6.07, 6.45) is 2.63. The summed E-state index contributed by atoms with van der Waals surface area (Å²) in [5, 5.41) is 4.66. The second-order valence-electron chi connectivity index (χ2n) is 7.14. The predicted molar refractivity (Wildman–Crippen MR) is 122 cm³/mol. The van der Waals surface area contributed by atoms with E-state index >= 15 is 0 Å². The molecule has 0 saturated carbocycles. The van der Waals surface area contributed by atoms with Crippen LogP contribution in [0, 0.1) is 20.8 Å². The summed E-state index contributed by atoms with van der Waals surface area (Å²) < 4.78 is 7.67. The van der Waals surface area contributed by atoms with Gasteiger partial charge in [-0.3, -0.25) is 4.79 Å². The molecule has 0 saturated heterocycles. The van der Waals surface area contributed by atoms with Crippen LogP contribution in [0.1, 0.15) is 35.0 Å². The quantitative estimate of drug-likeness (QED) is 0.422. The molecule has 0 aliphatic carbocycles. The van der Waals surface area contributed by atoms with Crippen LogP contribution in [-0.4, -0.2) is 23.3 Å². The fraction of sp³-hybridized carbons (Fsp3) is 0.250. The lowest BCUT2D eigenvalue weighted by Crippen LogP contribution is -2.24. The first kappa shape index (κ1) is 21.7. The van der Waals surface area contributed by atoms with Crippen LogP contribution in [0.2, 0.25) is 5.02 Å². The lowest BCUT2D eigenvalue weighted by Gasteiger charge is -2.17. The molecule has 5 nitrogen and oxygen atoms in total. The first-order valence-electron chi connectivity index (χ1n) is 9.88. The molecule has 1 aromatic heterocycles. The number of hydrazone groups is 1. The van der Waals surface area contributed by atoms with Crippen LogP contribution in [-0.2, 0) is 11.2 Å². The summed E-state index contributed by atoms with van der Waals surface area (Å²) in [4.78, 5) is 12.0. The molecule has 0 aliphatic heterocycles. The molecule has 0 unspecified atom stereocenters. The van der Waals surface area contributed by atoms with Gasteiger partial charge in [0.1, 0.15) is 5.75 Å². The largest absolute Gasteiger partial charge is 0.484 e. The molecule has 30 heavy (non-hydrogen) atoms. The Bertz CT molecular complexity index is 1090. The molecule has 0 aliphatic rings. The van der Waals surface area contributed by atoms with Crippen molar-refractivity contribution in [3.8, 4) is 11.4 Å². The highest BCUT2D eigenvalue weighted by atomic mass is 35.5. The Kier molecular flexibility index (Phi) is 6.95. The molecule has 0 atom stereocenters. The minimum Gasteiger partial charge on any atom is -0.484 e. The topological polar surface area (TPSA) is 55.6 Å². The molecule has 0 radical (unpaired) electrons. The zero-order valence-electron chi connectivity index (χ0n) is 17.7. The van der Waals surface area contributed by atoms with Gasteiger partial charge in [-0.25, -0.2) is 5.43 Å². The van der Waals surface area contributed by atoms with Crippen LogP contribution in [0.3, 0.4) is 0 Å². The van der Waals surface area contributed by atoms with Crippen molar-refractivity contribution in [2.45, 2.75) is 34.1 Å². The van der Waals surface area contributed by atoms with Crippen molar-refractivity contribution in [2.75, 3.05) is 6.61 Å². The number of para-hydroxylation sites is 1. The van der Waals surface area contributed by atoms with Crippen molar-refractivity contribution in [1.29, 1.82) is 0 Å². The number of hydrogen-bond acceptors (Lipinski definition) is 3. The molecule has 156 valence electrons. The number of carbonyl (C=O) groups is 1. The standard InChI is InChI=1S/C24H26ClN3O2/c1-5-19-9-6-8-16(2)24(19)28-17(3)12-20(18(28)4)14-26-27-23(29)15-30-22-11-7-10-21(25)13-22/h6-14H,5,15H2,1-4H3,(H,27,29)/b26-14+. The molecule has 0 bridgehead atoms.